The number of aromatic nitrogens is 1. The summed E-state index contributed by atoms with van der Waals surface area (Å²) < 4.78 is 0. The van der Waals surface area contributed by atoms with Gasteiger partial charge in [-0.25, -0.2) is 0 Å². The van der Waals surface area contributed by atoms with Crippen LogP contribution in [0.4, 0.5) is 5.69 Å². The van der Waals surface area contributed by atoms with Crippen molar-refractivity contribution in [3.8, 4) is 0 Å². The number of anilines is 1. The van der Waals surface area contributed by atoms with Crippen LogP contribution < -0.4 is 4.90 Å². The van der Waals surface area contributed by atoms with Crippen molar-refractivity contribution >= 4 is 11.5 Å². The topological polar surface area (TPSA) is 40.0 Å². The molecule has 3 nitrogen and oxygen atoms in total. The summed E-state index contributed by atoms with van der Waals surface area (Å²) in [7, 11) is 0. The molecule has 1 aliphatic rings. The Morgan fingerprint density at radius 2 is 2.00 bits per heavy atom. The summed E-state index contributed by atoms with van der Waals surface area (Å²) in [6, 6.07) is 11.9. The first-order valence-corrected chi connectivity index (χ1v) is 5.20. The van der Waals surface area contributed by atoms with Crippen LogP contribution in [-0.2, 0) is 6.54 Å². The number of hydrogen-bond acceptors (Lipinski definition) is 2. The lowest BCUT2D eigenvalue weighted by molar-refractivity contribution is 1.04. The number of pyridine rings is 1. The van der Waals surface area contributed by atoms with Gasteiger partial charge in [0.1, 0.15) is 5.84 Å². The standard InChI is InChI=1S/C13H11N3/c14-13-12-6-2-1-4-10(12)9-16(13)11-5-3-7-15-8-11/h1-8,14H,9H2. The van der Waals surface area contributed by atoms with E-state index in [-0.39, 0.29) is 0 Å². The Labute approximate surface area is 93.9 Å². The van der Waals surface area contributed by atoms with E-state index in [2.05, 4.69) is 11.1 Å². The van der Waals surface area contributed by atoms with Gasteiger partial charge in [-0.15, -0.1) is 0 Å². The van der Waals surface area contributed by atoms with Crippen LogP contribution in [0.25, 0.3) is 0 Å². The van der Waals surface area contributed by atoms with Crippen LogP contribution in [0.2, 0.25) is 0 Å². The second-order valence-electron chi connectivity index (χ2n) is 3.80. The third-order valence-corrected chi connectivity index (χ3v) is 2.83. The Morgan fingerprint density at radius 3 is 2.75 bits per heavy atom. The molecular formula is C13H11N3. The lowest BCUT2D eigenvalue weighted by Gasteiger charge is -2.16. The average Bonchev–Trinajstić information content (AvgIpc) is 2.69. The molecule has 0 spiro atoms. The smallest absolute Gasteiger partial charge is 0.133 e. The summed E-state index contributed by atoms with van der Waals surface area (Å²) in [6.45, 7) is 0.765. The number of rotatable bonds is 1. The average molecular weight is 209 g/mol. The number of hydrogen-bond donors (Lipinski definition) is 1. The molecule has 0 unspecified atom stereocenters. The van der Waals surface area contributed by atoms with Gasteiger partial charge in [-0.1, -0.05) is 24.3 Å². The lowest BCUT2D eigenvalue weighted by Crippen LogP contribution is -2.22. The molecule has 16 heavy (non-hydrogen) atoms. The summed E-state index contributed by atoms with van der Waals surface area (Å²) in [5, 5.41) is 8.12. The number of nitrogens with one attached hydrogen (secondary N) is 1. The van der Waals surface area contributed by atoms with Crippen molar-refractivity contribution in [1.82, 2.24) is 4.98 Å². The summed E-state index contributed by atoms with van der Waals surface area (Å²) in [5.41, 5.74) is 3.20. The molecule has 2 aromatic rings. The van der Waals surface area contributed by atoms with E-state index in [9.17, 15) is 0 Å². The SMILES string of the molecule is N=C1c2ccccc2CN1c1cccnc1. The molecule has 78 valence electrons. The van der Waals surface area contributed by atoms with E-state index in [1.807, 2.05) is 35.2 Å². The second-order valence-corrected chi connectivity index (χ2v) is 3.80. The third kappa shape index (κ3) is 1.29. The Balaban J connectivity index is 2.02. The van der Waals surface area contributed by atoms with Crippen LogP contribution in [0.5, 0.6) is 0 Å². The summed E-state index contributed by atoms with van der Waals surface area (Å²) in [5.74, 6) is 0.559. The van der Waals surface area contributed by atoms with E-state index >= 15 is 0 Å². The molecule has 0 fully saturated rings. The minimum Gasteiger partial charge on any atom is -0.320 e. The fourth-order valence-electron chi connectivity index (χ4n) is 2.02. The molecule has 1 aromatic heterocycles. The zero-order valence-electron chi connectivity index (χ0n) is 8.72. The van der Waals surface area contributed by atoms with Crippen molar-refractivity contribution in [2.45, 2.75) is 6.54 Å². The molecule has 0 radical (unpaired) electrons. The van der Waals surface area contributed by atoms with E-state index in [0.29, 0.717) is 5.84 Å². The van der Waals surface area contributed by atoms with E-state index in [1.165, 1.54) is 5.56 Å². The fraction of sp³-hybridized carbons (Fsp3) is 0.0769. The van der Waals surface area contributed by atoms with Gasteiger partial charge in [-0.2, -0.15) is 0 Å². The zero-order valence-corrected chi connectivity index (χ0v) is 8.72. The maximum absolute atomic E-state index is 8.12. The van der Waals surface area contributed by atoms with Crippen molar-refractivity contribution in [3.05, 3.63) is 59.9 Å². The normalized spacial score (nSPS) is 14.0. The molecule has 1 aromatic carbocycles. The maximum Gasteiger partial charge on any atom is 0.133 e. The Hall–Kier alpha value is -2.16. The highest BCUT2D eigenvalue weighted by Crippen LogP contribution is 2.26. The van der Waals surface area contributed by atoms with Gasteiger partial charge in [0.2, 0.25) is 0 Å². The van der Waals surface area contributed by atoms with Crippen LogP contribution in [0.3, 0.4) is 0 Å². The molecule has 2 heterocycles. The highest BCUT2D eigenvalue weighted by molar-refractivity contribution is 6.11. The molecule has 0 saturated carbocycles. The van der Waals surface area contributed by atoms with E-state index < -0.39 is 0 Å². The van der Waals surface area contributed by atoms with Gasteiger partial charge in [0.15, 0.2) is 0 Å². The summed E-state index contributed by atoms with van der Waals surface area (Å²) in [4.78, 5) is 6.06. The van der Waals surface area contributed by atoms with Crippen LogP contribution in [-0.4, -0.2) is 10.8 Å². The second kappa shape index (κ2) is 3.45. The van der Waals surface area contributed by atoms with Crippen molar-refractivity contribution in [2.24, 2.45) is 0 Å². The summed E-state index contributed by atoms with van der Waals surface area (Å²) in [6.07, 6.45) is 3.54. The third-order valence-electron chi connectivity index (χ3n) is 2.83. The quantitative estimate of drug-likeness (QED) is 0.783. The molecule has 3 heteroatoms. The van der Waals surface area contributed by atoms with Crippen LogP contribution in [0, 0.1) is 5.41 Å². The molecular weight excluding hydrogens is 198 g/mol. The largest absolute Gasteiger partial charge is 0.320 e. The molecule has 0 amide bonds. The highest BCUT2D eigenvalue weighted by atomic mass is 15.2. The molecule has 3 rings (SSSR count). The first-order valence-electron chi connectivity index (χ1n) is 5.20. The van der Waals surface area contributed by atoms with Gasteiger partial charge in [0.05, 0.1) is 18.4 Å². The van der Waals surface area contributed by atoms with Gasteiger partial charge in [0, 0.05) is 11.8 Å². The summed E-state index contributed by atoms with van der Waals surface area (Å²) >= 11 is 0. The molecule has 0 aliphatic carbocycles. The van der Waals surface area contributed by atoms with Crippen LogP contribution in [0.1, 0.15) is 11.1 Å². The fourth-order valence-corrected chi connectivity index (χ4v) is 2.02. The Bertz CT molecular complexity index is 534. The molecule has 1 N–H and O–H groups in total. The van der Waals surface area contributed by atoms with Crippen molar-refractivity contribution in [1.29, 1.82) is 5.41 Å². The highest BCUT2D eigenvalue weighted by Gasteiger charge is 2.24. The van der Waals surface area contributed by atoms with E-state index in [1.54, 1.807) is 12.4 Å². The predicted molar refractivity (Wildman–Crippen MR) is 63.7 cm³/mol. The van der Waals surface area contributed by atoms with Gasteiger partial charge >= 0.3 is 0 Å². The maximum atomic E-state index is 8.12. The molecule has 0 bridgehead atoms. The van der Waals surface area contributed by atoms with Gasteiger partial charge in [-0.05, 0) is 17.7 Å². The van der Waals surface area contributed by atoms with Gasteiger partial charge < -0.3 is 4.90 Å². The number of benzene rings is 1. The Kier molecular flexibility index (Phi) is 1.96. The van der Waals surface area contributed by atoms with Crippen molar-refractivity contribution in [3.63, 3.8) is 0 Å². The van der Waals surface area contributed by atoms with Crippen molar-refractivity contribution < 1.29 is 0 Å². The zero-order chi connectivity index (χ0) is 11.0. The van der Waals surface area contributed by atoms with Crippen LogP contribution in [0.15, 0.2) is 48.8 Å². The van der Waals surface area contributed by atoms with Gasteiger partial charge in [0.25, 0.3) is 0 Å². The molecule has 0 atom stereocenters. The number of fused-ring (bicyclic) bond motifs is 1. The first kappa shape index (κ1) is 9.09. The van der Waals surface area contributed by atoms with Crippen LogP contribution >= 0.6 is 0 Å². The Morgan fingerprint density at radius 1 is 1.12 bits per heavy atom. The monoisotopic (exact) mass is 209 g/mol. The molecule has 1 aliphatic heterocycles. The first-order chi connectivity index (χ1) is 7.86. The minimum atomic E-state index is 0.559. The van der Waals surface area contributed by atoms with E-state index in [0.717, 1.165) is 17.8 Å². The van der Waals surface area contributed by atoms with Crippen molar-refractivity contribution in [2.75, 3.05) is 4.90 Å². The number of nitrogens with zero attached hydrogens (tertiary/aromatic N) is 2. The predicted octanol–water partition coefficient (Wildman–Crippen LogP) is 2.43. The van der Waals surface area contributed by atoms with Gasteiger partial charge in [-0.3, -0.25) is 10.4 Å². The lowest BCUT2D eigenvalue weighted by atomic mass is 10.1. The minimum absolute atomic E-state index is 0.559. The number of amidine groups is 1. The van der Waals surface area contributed by atoms with E-state index in [4.69, 9.17) is 5.41 Å². The molecule has 0 saturated heterocycles.